The molecule has 0 bridgehead atoms. The van der Waals surface area contributed by atoms with Gasteiger partial charge in [-0.1, -0.05) is 0 Å². The SMILES string of the molecule is CC(O)C(N)C(=O)O.CC(O)C(N)C(=O)O.NC(=O)CCC(N)C(=O)O.NC(CO)C(=O)O.NCC(=O)O.NCC(=O)O. The van der Waals surface area contributed by atoms with E-state index in [0.717, 1.165) is 0 Å². The smallest absolute Gasteiger partial charge is 0.323 e. The lowest BCUT2D eigenvalue weighted by Gasteiger charge is -2.07. The van der Waals surface area contributed by atoms with Crippen molar-refractivity contribution < 1.29 is 79.5 Å². The fourth-order valence-electron chi connectivity index (χ4n) is 0.912. The fourth-order valence-corrected chi connectivity index (χ4v) is 0.912. The van der Waals surface area contributed by atoms with Gasteiger partial charge >= 0.3 is 35.8 Å². The molecular formula is C20H45N7O16. The van der Waals surface area contributed by atoms with Gasteiger partial charge in [0.15, 0.2) is 0 Å². The number of rotatable bonds is 12. The fraction of sp³-hybridized carbons (Fsp3) is 0.650. The number of hydrogen-bond donors (Lipinski definition) is 16. The van der Waals surface area contributed by atoms with Crippen LogP contribution < -0.4 is 40.1 Å². The van der Waals surface area contributed by atoms with Crippen molar-refractivity contribution in [1.29, 1.82) is 0 Å². The van der Waals surface area contributed by atoms with Crippen molar-refractivity contribution in [2.45, 2.75) is 63.1 Å². The molecule has 23 nitrogen and oxygen atoms in total. The van der Waals surface area contributed by atoms with Gasteiger partial charge in [-0.2, -0.15) is 0 Å². The molecule has 23 N–H and O–H groups in total. The largest absolute Gasteiger partial charge is 0.480 e. The highest BCUT2D eigenvalue weighted by Gasteiger charge is 2.17. The van der Waals surface area contributed by atoms with Crippen LogP contribution in [0.4, 0.5) is 0 Å². The number of carbonyl (C=O) groups excluding carboxylic acids is 1. The molecular weight excluding hydrogens is 594 g/mol. The van der Waals surface area contributed by atoms with Crippen molar-refractivity contribution in [3.63, 3.8) is 0 Å². The molecule has 23 heteroatoms. The van der Waals surface area contributed by atoms with E-state index in [9.17, 15) is 33.6 Å². The summed E-state index contributed by atoms with van der Waals surface area (Å²) >= 11 is 0. The van der Waals surface area contributed by atoms with Crippen LogP contribution in [0, 0.1) is 0 Å². The number of aliphatic carboxylic acids is 6. The average Bonchev–Trinajstić information content (AvgIpc) is 2.91. The third kappa shape index (κ3) is 51.2. The normalized spacial score (nSPS) is 13.3. The van der Waals surface area contributed by atoms with Gasteiger partial charge in [-0.3, -0.25) is 33.6 Å². The number of nitrogens with two attached hydrogens (primary N) is 7. The molecule has 0 rings (SSSR count). The van der Waals surface area contributed by atoms with E-state index in [0.29, 0.717) is 0 Å². The number of primary amides is 1. The highest BCUT2D eigenvalue weighted by Crippen LogP contribution is 1.92. The van der Waals surface area contributed by atoms with Crippen molar-refractivity contribution in [3.05, 3.63) is 0 Å². The number of amides is 1. The van der Waals surface area contributed by atoms with Crippen LogP contribution in [-0.4, -0.2) is 144 Å². The highest BCUT2D eigenvalue weighted by molar-refractivity contribution is 5.77. The summed E-state index contributed by atoms with van der Waals surface area (Å²) < 4.78 is 0. The van der Waals surface area contributed by atoms with Crippen LogP contribution in [0.5, 0.6) is 0 Å². The Hall–Kier alpha value is -4.07. The standard InChI is InChI=1S/C5H10N2O3.2C4H9NO3.C3H7NO3.2C2H5NO2/c6-3(5(9)10)1-2-4(7)8;2*1-2(6)3(5)4(7)8;4-2(1-5)3(6)7;2*3-1-2(4)5/h3H,1-2,6H2,(H2,7,8)(H,9,10);2*2-3,6H,5H2,1H3,(H,7,8);2,5H,1,4H2,(H,6,7);2*1,3H2,(H,4,5). The maximum atomic E-state index is 10.1. The van der Waals surface area contributed by atoms with E-state index in [1.54, 1.807) is 0 Å². The van der Waals surface area contributed by atoms with Crippen LogP contribution in [0.25, 0.3) is 0 Å². The molecule has 43 heavy (non-hydrogen) atoms. The molecule has 0 aromatic carbocycles. The highest BCUT2D eigenvalue weighted by atomic mass is 16.4. The Labute approximate surface area is 244 Å². The molecule has 6 atom stereocenters. The van der Waals surface area contributed by atoms with Crippen molar-refractivity contribution in [2.75, 3.05) is 19.7 Å². The van der Waals surface area contributed by atoms with E-state index in [2.05, 4.69) is 11.5 Å². The summed E-state index contributed by atoms with van der Waals surface area (Å²) in [5.74, 6) is -7.12. The average molecular weight is 640 g/mol. The van der Waals surface area contributed by atoms with Crippen LogP contribution in [-0.2, 0) is 33.6 Å². The lowest BCUT2D eigenvalue weighted by atomic mass is 10.2. The quantitative estimate of drug-likeness (QED) is 0.0942. The number of hydrogen-bond acceptors (Lipinski definition) is 16. The Morgan fingerprint density at radius 1 is 0.581 bits per heavy atom. The van der Waals surface area contributed by atoms with Gasteiger partial charge in [0.2, 0.25) is 5.91 Å². The molecule has 0 aliphatic heterocycles. The first-order valence-electron chi connectivity index (χ1n) is 11.4. The number of aliphatic hydroxyl groups excluding tert-OH is 3. The topological polar surface area (TPSA) is 484 Å². The van der Waals surface area contributed by atoms with E-state index in [-0.39, 0.29) is 25.9 Å². The van der Waals surface area contributed by atoms with Gasteiger partial charge in [-0.25, -0.2) is 0 Å². The Kier molecular flexibility index (Phi) is 39.0. The molecule has 0 aromatic heterocycles. The van der Waals surface area contributed by atoms with Crippen LogP contribution in [0.2, 0.25) is 0 Å². The molecule has 0 aromatic rings. The first kappa shape index (κ1) is 51.6. The third-order valence-electron chi connectivity index (χ3n) is 3.49. The number of aliphatic hydroxyl groups is 3. The summed E-state index contributed by atoms with van der Waals surface area (Å²) in [6.45, 7) is 1.60. The second kappa shape index (κ2) is 32.4. The summed E-state index contributed by atoms with van der Waals surface area (Å²) in [7, 11) is 0. The molecule has 256 valence electrons. The van der Waals surface area contributed by atoms with Gasteiger partial charge < -0.3 is 86.1 Å². The molecule has 0 heterocycles. The van der Waals surface area contributed by atoms with Crippen molar-refractivity contribution >= 4 is 41.7 Å². The van der Waals surface area contributed by atoms with Gasteiger partial charge in [0.1, 0.15) is 24.2 Å². The van der Waals surface area contributed by atoms with E-state index in [1.165, 1.54) is 13.8 Å². The zero-order valence-corrected chi connectivity index (χ0v) is 23.4. The Bertz CT molecular complexity index is 776. The molecule has 0 fully saturated rings. The van der Waals surface area contributed by atoms with E-state index >= 15 is 0 Å². The van der Waals surface area contributed by atoms with Crippen LogP contribution >= 0.6 is 0 Å². The monoisotopic (exact) mass is 639 g/mol. The van der Waals surface area contributed by atoms with Gasteiger partial charge in [-0.05, 0) is 20.3 Å². The minimum absolute atomic E-state index is 0.0213. The lowest BCUT2D eigenvalue weighted by Crippen LogP contribution is -2.39. The summed E-state index contributed by atoms with van der Waals surface area (Å²) in [5, 5.41) is 72.4. The first-order valence-corrected chi connectivity index (χ1v) is 11.4. The molecule has 0 aliphatic carbocycles. The lowest BCUT2D eigenvalue weighted by molar-refractivity contribution is -0.141. The van der Waals surface area contributed by atoms with Gasteiger partial charge in [0, 0.05) is 6.42 Å². The van der Waals surface area contributed by atoms with Crippen LogP contribution in [0.15, 0.2) is 0 Å². The minimum Gasteiger partial charge on any atom is -0.480 e. The Balaban J connectivity index is -0.0000000971. The summed E-state index contributed by atoms with van der Waals surface area (Å²) in [5.41, 5.74) is 33.5. The van der Waals surface area contributed by atoms with Gasteiger partial charge in [0.05, 0.1) is 31.9 Å². The molecule has 1 amide bonds. The van der Waals surface area contributed by atoms with Crippen LogP contribution in [0.1, 0.15) is 26.7 Å². The molecule has 0 radical (unpaired) electrons. The molecule has 0 saturated heterocycles. The Morgan fingerprint density at radius 3 is 0.907 bits per heavy atom. The summed E-state index contributed by atoms with van der Waals surface area (Å²) in [4.78, 5) is 68.0. The second-order valence-corrected chi connectivity index (χ2v) is 7.48. The Morgan fingerprint density at radius 2 is 0.837 bits per heavy atom. The zero-order chi connectivity index (χ0) is 36.0. The number of carbonyl (C=O) groups is 7. The maximum Gasteiger partial charge on any atom is 0.323 e. The van der Waals surface area contributed by atoms with Crippen molar-refractivity contribution in [1.82, 2.24) is 0 Å². The predicted octanol–water partition coefficient (Wildman–Crippen LogP) is -7.33. The van der Waals surface area contributed by atoms with Crippen LogP contribution in [0.3, 0.4) is 0 Å². The first-order chi connectivity index (χ1) is 19.4. The van der Waals surface area contributed by atoms with E-state index in [4.69, 9.17) is 74.6 Å². The van der Waals surface area contributed by atoms with Crippen molar-refractivity contribution in [2.24, 2.45) is 40.1 Å². The predicted molar refractivity (Wildman–Crippen MR) is 145 cm³/mol. The zero-order valence-electron chi connectivity index (χ0n) is 23.4. The van der Waals surface area contributed by atoms with E-state index < -0.39 is 84.7 Å². The third-order valence-corrected chi connectivity index (χ3v) is 3.49. The summed E-state index contributed by atoms with van der Waals surface area (Å²) in [6.07, 6.45) is -1.84. The molecule has 0 saturated carbocycles. The van der Waals surface area contributed by atoms with Gasteiger partial charge in [-0.15, -0.1) is 0 Å². The van der Waals surface area contributed by atoms with Gasteiger partial charge in [0.25, 0.3) is 0 Å². The summed E-state index contributed by atoms with van der Waals surface area (Å²) in [6, 6.07) is -4.42. The maximum absolute atomic E-state index is 10.1. The second-order valence-electron chi connectivity index (χ2n) is 7.48. The minimum atomic E-state index is -1.18. The molecule has 0 aliphatic rings. The molecule has 0 spiro atoms. The number of carboxylic acid groups (broad SMARTS) is 6. The van der Waals surface area contributed by atoms with Crippen molar-refractivity contribution in [3.8, 4) is 0 Å². The van der Waals surface area contributed by atoms with E-state index in [1.807, 2.05) is 0 Å². The molecule has 6 unspecified atom stereocenters. The number of carboxylic acids is 6.